The molecule has 0 spiro atoms. The fraction of sp³-hybridized carbons (Fsp3) is 0.562. The number of aryl methyl sites for hydroxylation is 1. The summed E-state index contributed by atoms with van der Waals surface area (Å²) in [5, 5.41) is 3.65. The van der Waals surface area contributed by atoms with Crippen molar-refractivity contribution in [3.63, 3.8) is 0 Å². The first-order chi connectivity index (χ1) is 9.26. The molecular weight excluding hydrogens is 234 g/mol. The van der Waals surface area contributed by atoms with Gasteiger partial charge in [-0.1, -0.05) is 32.4 Å². The molecule has 1 heterocycles. The number of para-hydroxylation sites is 2. The van der Waals surface area contributed by atoms with Gasteiger partial charge in [0.05, 0.1) is 11.0 Å². The molecule has 0 saturated heterocycles. The largest absolute Gasteiger partial charge is 0.327 e. The summed E-state index contributed by atoms with van der Waals surface area (Å²) in [5.41, 5.74) is 2.35. The maximum Gasteiger partial charge on any atom is 0.106 e. The van der Waals surface area contributed by atoms with E-state index in [2.05, 4.69) is 59.9 Å². The molecule has 19 heavy (non-hydrogen) atoms. The molecule has 3 heteroatoms. The Kier molecular flexibility index (Phi) is 4.97. The highest BCUT2D eigenvalue weighted by Gasteiger charge is 2.12. The van der Waals surface area contributed by atoms with Crippen molar-refractivity contribution in [2.45, 2.75) is 52.6 Å². The lowest BCUT2D eigenvalue weighted by Gasteiger charge is -2.19. The Bertz CT molecular complexity index is 516. The molecule has 0 aliphatic rings. The van der Waals surface area contributed by atoms with Crippen LogP contribution in [0.4, 0.5) is 0 Å². The van der Waals surface area contributed by atoms with Gasteiger partial charge in [-0.25, -0.2) is 4.98 Å². The van der Waals surface area contributed by atoms with Gasteiger partial charge in [-0.3, -0.25) is 0 Å². The zero-order valence-electron chi connectivity index (χ0n) is 12.3. The van der Waals surface area contributed by atoms with Gasteiger partial charge in [0.2, 0.25) is 0 Å². The van der Waals surface area contributed by atoms with E-state index in [-0.39, 0.29) is 0 Å². The highest BCUT2D eigenvalue weighted by molar-refractivity contribution is 5.75. The van der Waals surface area contributed by atoms with E-state index in [1.54, 1.807) is 0 Å². The van der Waals surface area contributed by atoms with Gasteiger partial charge in [-0.2, -0.15) is 0 Å². The van der Waals surface area contributed by atoms with Crippen molar-refractivity contribution in [2.75, 3.05) is 6.54 Å². The van der Waals surface area contributed by atoms with E-state index in [9.17, 15) is 0 Å². The Hall–Kier alpha value is -1.35. The molecule has 1 unspecified atom stereocenters. The molecule has 0 radical (unpaired) electrons. The summed E-state index contributed by atoms with van der Waals surface area (Å²) in [6.45, 7) is 8.67. The SMILES string of the molecule is CCCNC(CCC)Cn1c(C)nc2ccccc21. The third-order valence-corrected chi connectivity index (χ3v) is 3.57. The molecule has 0 saturated carbocycles. The number of aromatic nitrogens is 2. The van der Waals surface area contributed by atoms with Crippen LogP contribution in [0.5, 0.6) is 0 Å². The molecule has 0 fully saturated rings. The van der Waals surface area contributed by atoms with Crippen molar-refractivity contribution >= 4 is 11.0 Å². The van der Waals surface area contributed by atoms with E-state index < -0.39 is 0 Å². The van der Waals surface area contributed by atoms with Crippen LogP contribution < -0.4 is 5.32 Å². The van der Waals surface area contributed by atoms with Crippen LogP contribution in [-0.4, -0.2) is 22.1 Å². The van der Waals surface area contributed by atoms with Gasteiger partial charge in [0.25, 0.3) is 0 Å². The molecule has 1 aromatic heterocycles. The summed E-state index contributed by atoms with van der Waals surface area (Å²) >= 11 is 0. The first-order valence-electron chi connectivity index (χ1n) is 7.41. The third-order valence-electron chi connectivity index (χ3n) is 3.57. The molecule has 0 aliphatic carbocycles. The number of fused-ring (bicyclic) bond motifs is 1. The highest BCUT2D eigenvalue weighted by atomic mass is 15.1. The zero-order valence-corrected chi connectivity index (χ0v) is 12.3. The molecule has 0 aliphatic heterocycles. The first kappa shape index (κ1) is 14.1. The Morgan fingerprint density at radius 3 is 2.74 bits per heavy atom. The number of nitrogens with one attached hydrogen (secondary N) is 1. The van der Waals surface area contributed by atoms with Gasteiger partial charge >= 0.3 is 0 Å². The van der Waals surface area contributed by atoms with Crippen LogP contribution in [0.2, 0.25) is 0 Å². The van der Waals surface area contributed by atoms with E-state index >= 15 is 0 Å². The number of nitrogens with zero attached hydrogens (tertiary/aromatic N) is 2. The summed E-state index contributed by atoms with van der Waals surface area (Å²) in [7, 11) is 0. The molecule has 3 nitrogen and oxygen atoms in total. The number of rotatable bonds is 7. The van der Waals surface area contributed by atoms with Crippen LogP contribution in [0.15, 0.2) is 24.3 Å². The summed E-state index contributed by atoms with van der Waals surface area (Å²) < 4.78 is 2.35. The van der Waals surface area contributed by atoms with Crippen LogP contribution in [0, 0.1) is 6.92 Å². The van der Waals surface area contributed by atoms with Crippen molar-refractivity contribution in [1.82, 2.24) is 14.9 Å². The van der Waals surface area contributed by atoms with Gasteiger partial charge in [-0.15, -0.1) is 0 Å². The van der Waals surface area contributed by atoms with Crippen LogP contribution in [0.25, 0.3) is 11.0 Å². The minimum atomic E-state index is 0.543. The molecule has 0 bridgehead atoms. The van der Waals surface area contributed by atoms with Gasteiger partial charge in [0.15, 0.2) is 0 Å². The minimum Gasteiger partial charge on any atom is -0.327 e. The predicted molar refractivity (Wildman–Crippen MR) is 81.5 cm³/mol. The summed E-state index contributed by atoms with van der Waals surface area (Å²) in [6, 6.07) is 8.94. The Morgan fingerprint density at radius 2 is 2.00 bits per heavy atom. The van der Waals surface area contributed by atoms with Crippen LogP contribution in [0.3, 0.4) is 0 Å². The highest BCUT2D eigenvalue weighted by Crippen LogP contribution is 2.16. The number of benzene rings is 1. The molecular formula is C16H25N3. The number of hydrogen-bond acceptors (Lipinski definition) is 2. The fourth-order valence-electron chi connectivity index (χ4n) is 2.60. The molecule has 2 aromatic rings. The van der Waals surface area contributed by atoms with Crippen molar-refractivity contribution < 1.29 is 0 Å². The molecule has 0 amide bonds. The van der Waals surface area contributed by atoms with Crippen LogP contribution in [-0.2, 0) is 6.54 Å². The van der Waals surface area contributed by atoms with Gasteiger partial charge in [0, 0.05) is 12.6 Å². The van der Waals surface area contributed by atoms with E-state index in [0.717, 1.165) is 24.4 Å². The second-order valence-electron chi connectivity index (χ2n) is 5.20. The van der Waals surface area contributed by atoms with Crippen molar-refractivity contribution in [3.8, 4) is 0 Å². The monoisotopic (exact) mass is 259 g/mol. The van der Waals surface area contributed by atoms with Crippen LogP contribution in [0.1, 0.15) is 38.9 Å². The minimum absolute atomic E-state index is 0.543. The normalized spacial score (nSPS) is 13.0. The fourth-order valence-corrected chi connectivity index (χ4v) is 2.60. The van der Waals surface area contributed by atoms with Crippen molar-refractivity contribution in [2.24, 2.45) is 0 Å². The molecule has 1 aromatic carbocycles. The van der Waals surface area contributed by atoms with E-state index in [1.165, 1.54) is 24.8 Å². The summed E-state index contributed by atoms with van der Waals surface area (Å²) in [4.78, 5) is 4.64. The maximum atomic E-state index is 4.64. The predicted octanol–water partition coefficient (Wildman–Crippen LogP) is 3.51. The lowest BCUT2D eigenvalue weighted by Crippen LogP contribution is -2.34. The van der Waals surface area contributed by atoms with Gasteiger partial charge in [0.1, 0.15) is 5.82 Å². The Labute approximate surface area is 116 Å². The molecule has 2 rings (SSSR count). The molecule has 1 atom stereocenters. The number of hydrogen-bond donors (Lipinski definition) is 1. The molecule has 1 N–H and O–H groups in total. The number of imidazole rings is 1. The second-order valence-corrected chi connectivity index (χ2v) is 5.20. The van der Waals surface area contributed by atoms with Crippen LogP contribution >= 0.6 is 0 Å². The first-order valence-corrected chi connectivity index (χ1v) is 7.41. The zero-order chi connectivity index (χ0) is 13.7. The van der Waals surface area contributed by atoms with Gasteiger partial charge < -0.3 is 9.88 Å². The standard InChI is InChI=1S/C16H25N3/c1-4-8-14(17-11-5-2)12-19-13(3)18-15-9-6-7-10-16(15)19/h6-7,9-10,14,17H,4-5,8,11-12H2,1-3H3. The smallest absolute Gasteiger partial charge is 0.106 e. The van der Waals surface area contributed by atoms with Gasteiger partial charge in [-0.05, 0) is 38.4 Å². The Morgan fingerprint density at radius 1 is 1.21 bits per heavy atom. The second kappa shape index (κ2) is 6.71. The quantitative estimate of drug-likeness (QED) is 0.824. The van der Waals surface area contributed by atoms with E-state index in [4.69, 9.17) is 0 Å². The molecule has 104 valence electrons. The lowest BCUT2D eigenvalue weighted by molar-refractivity contribution is 0.421. The average molecular weight is 259 g/mol. The lowest BCUT2D eigenvalue weighted by atomic mass is 10.1. The maximum absolute atomic E-state index is 4.64. The van der Waals surface area contributed by atoms with E-state index in [0.29, 0.717) is 6.04 Å². The topological polar surface area (TPSA) is 29.9 Å². The summed E-state index contributed by atoms with van der Waals surface area (Å²) in [5.74, 6) is 1.11. The Balaban J connectivity index is 2.20. The van der Waals surface area contributed by atoms with Crippen molar-refractivity contribution in [3.05, 3.63) is 30.1 Å². The van der Waals surface area contributed by atoms with Crippen molar-refractivity contribution in [1.29, 1.82) is 0 Å². The third kappa shape index (κ3) is 3.35. The average Bonchev–Trinajstić information content (AvgIpc) is 2.73. The van der Waals surface area contributed by atoms with E-state index in [1.807, 2.05) is 0 Å². The summed E-state index contributed by atoms with van der Waals surface area (Å²) in [6.07, 6.45) is 3.61.